The standard InChI is InChI=1S/C18H21N/c1-19-18(15-10-13-9-14(13)11-15)17-8-4-6-12-5-2-3-7-16(12)17/h2-8,13-15,18-19H,9-11H2,1H3. The second-order valence-corrected chi connectivity index (χ2v) is 6.32. The molecule has 0 saturated heterocycles. The highest BCUT2D eigenvalue weighted by molar-refractivity contribution is 5.86. The zero-order valence-corrected chi connectivity index (χ0v) is 11.5. The Hall–Kier alpha value is -1.34. The molecule has 2 aromatic rings. The third-order valence-corrected chi connectivity index (χ3v) is 5.22. The first-order valence-electron chi connectivity index (χ1n) is 7.51. The fraction of sp³-hybridized carbons (Fsp3) is 0.444. The van der Waals surface area contributed by atoms with Crippen LogP contribution in [0.4, 0.5) is 0 Å². The molecule has 0 aliphatic heterocycles. The first kappa shape index (κ1) is 11.5. The van der Waals surface area contributed by atoms with E-state index in [9.17, 15) is 0 Å². The third kappa shape index (κ3) is 1.88. The third-order valence-electron chi connectivity index (χ3n) is 5.22. The van der Waals surface area contributed by atoms with Crippen LogP contribution >= 0.6 is 0 Å². The van der Waals surface area contributed by atoms with Gasteiger partial charge in [0.25, 0.3) is 0 Å². The Balaban J connectivity index is 1.74. The van der Waals surface area contributed by atoms with Crippen LogP contribution in [0.3, 0.4) is 0 Å². The van der Waals surface area contributed by atoms with Crippen molar-refractivity contribution in [2.45, 2.75) is 25.3 Å². The van der Waals surface area contributed by atoms with Crippen molar-refractivity contribution in [2.24, 2.45) is 17.8 Å². The molecule has 0 amide bonds. The summed E-state index contributed by atoms with van der Waals surface area (Å²) in [5.41, 5.74) is 1.49. The average molecular weight is 251 g/mol. The zero-order chi connectivity index (χ0) is 12.8. The second kappa shape index (κ2) is 4.35. The second-order valence-electron chi connectivity index (χ2n) is 6.32. The number of hydrogen-bond acceptors (Lipinski definition) is 1. The van der Waals surface area contributed by atoms with Gasteiger partial charge in [0.2, 0.25) is 0 Å². The quantitative estimate of drug-likeness (QED) is 0.864. The average Bonchev–Trinajstić information content (AvgIpc) is 3.07. The molecule has 2 aromatic carbocycles. The molecule has 0 aromatic heterocycles. The summed E-state index contributed by atoms with van der Waals surface area (Å²) < 4.78 is 0. The van der Waals surface area contributed by atoms with Gasteiger partial charge in [0.15, 0.2) is 0 Å². The minimum Gasteiger partial charge on any atom is -0.313 e. The van der Waals surface area contributed by atoms with Gasteiger partial charge < -0.3 is 5.32 Å². The lowest BCUT2D eigenvalue weighted by atomic mass is 9.87. The number of benzene rings is 2. The van der Waals surface area contributed by atoms with Gasteiger partial charge in [0.05, 0.1) is 0 Å². The van der Waals surface area contributed by atoms with Crippen molar-refractivity contribution in [3.8, 4) is 0 Å². The normalized spacial score (nSPS) is 30.3. The maximum atomic E-state index is 3.59. The Labute approximate surface area is 115 Å². The van der Waals surface area contributed by atoms with Crippen LogP contribution in [-0.4, -0.2) is 7.05 Å². The largest absolute Gasteiger partial charge is 0.313 e. The van der Waals surface area contributed by atoms with Gasteiger partial charge in [-0.15, -0.1) is 0 Å². The van der Waals surface area contributed by atoms with Crippen molar-refractivity contribution in [1.82, 2.24) is 5.32 Å². The highest BCUT2D eigenvalue weighted by atomic mass is 14.9. The van der Waals surface area contributed by atoms with Crippen LogP contribution in [-0.2, 0) is 0 Å². The molecule has 1 N–H and O–H groups in total. The molecule has 0 radical (unpaired) electrons. The Morgan fingerprint density at radius 3 is 2.47 bits per heavy atom. The molecule has 0 spiro atoms. The van der Waals surface area contributed by atoms with Crippen LogP contribution in [0.5, 0.6) is 0 Å². The van der Waals surface area contributed by atoms with E-state index < -0.39 is 0 Å². The van der Waals surface area contributed by atoms with E-state index in [0.717, 1.165) is 17.8 Å². The molecular weight excluding hydrogens is 230 g/mol. The minimum atomic E-state index is 0.527. The molecule has 3 atom stereocenters. The van der Waals surface area contributed by atoms with Gasteiger partial charge in [-0.05, 0) is 60.4 Å². The summed E-state index contributed by atoms with van der Waals surface area (Å²) in [7, 11) is 2.12. The topological polar surface area (TPSA) is 12.0 Å². The number of nitrogens with one attached hydrogen (secondary N) is 1. The summed E-state index contributed by atoms with van der Waals surface area (Å²) in [6.07, 6.45) is 4.36. The van der Waals surface area contributed by atoms with Crippen LogP contribution in [0.2, 0.25) is 0 Å². The summed E-state index contributed by atoms with van der Waals surface area (Å²) >= 11 is 0. The van der Waals surface area contributed by atoms with Crippen molar-refractivity contribution < 1.29 is 0 Å². The predicted molar refractivity (Wildman–Crippen MR) is 80.1 cm³/mol. The van der Waals surface area contributed by atoms with Crippen molar-refractivity contribution in [1.29, 1.82) is 0 Å². The molecular formula is C18H21N. The van der Waals surface area contributed by atoms with Crippen LogP contribution in [0.1, 0.15) is 30.9 Å². The smallest absolute Gasteiger partial charge is 0.0352 e. The monoisotopic (exact) mass is 251 g/mol. The molecule has 1 nitrogen and oxygen atoms in total. The lowest BCUT2D eigenvalue weighted by Gasteiger charge is -2.26. The van der Waals surface area contributed by atoms with Gasteiger partial charge in [-0.2, -0.15) is 0 Å². The van der Waals surface area contributed by atoms with E-state index in [2.05, 4.69) is 54.8 Å². The van der Waals surface area contributed by atoms with Crippen LogP contribution in [0.15, 0.2) is 42.5 Å². The van der Waals surface area contributed by atoms with Gasteiger partial charge in [-0.25, -0.2) is 0 Å². The van der Waals surface area contributed by atoms with E-state index in [4.69, 9.17) is 0 Å². The van der Waals surface area contributed by atoms with Gasteiger partial charge in [-0.1, -0.05) is 42.5 Å². The van der Waals surface area contributed by atoms with Crippen molar-refractivity contribution in [3.63, 3.8) is 0 Å². The zero-order valence-electron chi connectivity index (χ0n) is 11.5. The molecule has 0 bridgehead atoms. The summed E-state index contributed by atoms with van der Waals surface area (Å²) in [6, 6.07) is 16.0. The Kier molecular flexibility index (Phi) is 2.63. The van der Waals surface area contributed by atoms with Crippen LogP contribution < -0.4 is 5.32 Å². The van der Waals surface area contributed by atoms with Crippen molar-refractivity contribution >= 4 is 10.8 Å². The Morgan fingerprint density at radius 1 is 0.947 bits per heavy atom. The number of hydrogen-bond donors (Lipinski definition) is 1. The van der Waals surface area contributed by atoms with Gasteiger partial charge in [-0.3, -0.25) is 0 Å². The van der Waals surface area contributed by atoms with E-state index in [0.29, 0.717) is 6.04 Å². The number of rotatable bonds is 3. The minimum absolute atomic E-state index is 0.527. The van der Waals surface area contributed by atoms with E-state index in [1.54, 1.807) is 0 Å². The molecule has 4 rings (SSSR count). The summed E-state index contributed by atoms with van der Waals surface area (Å²) in [5.74, 6) is 2.94. The first-order chi connectivity index (χ1) is 9.36. The van der Waals surface area contributed by atoms with Crippen molar-refractivity contribution in [2.75, 3.05) is 7.05 Å². The molecule has 2 aliphatic rings. The fourth-order valence-electron chi connectivity index (χ4n) is 4.20. The summed E-state index contributed by atoms with van der Waals surface area (Å²) in [5, 5.41) is 6.38. The lowest BCUT2D eigenvalue weighted by molar-refractivity contribution is 0.361. The predicted octanol–water partition coefficient (Wildman–Crippen LogP) is 4.15. The maximum absolute atomic E-state index is 3.59. The van der Waals surface area contributed by atoms with Crippen LogP contribution in [0.25, 0.3) is 10.8 Å². The molecule has 19 heavy (non-hydrogen) atoms. The molecule has 98 valence electrons. The van der Waals surface area contributed by atoms with Crippen LogP contribution in [0, 0.1) is 17.8 Å². The molecule has 1 heteroatoms. The number of fused-ring (bicyclic) bond motifs is 2. The van der Waals surface area contributed by atoms with E-state index >= 15 is 0 Å². The summed E-state index contributed by atoms with van der Waals surface area (Å²) in [6.45, 7) is 0. The summed E-state index contributed by atoms with van der Waals surface area (Å²) in [4.78, 5) is 0. The molecule has 0 heterocycles. The fourth-order valence-corrected chi connectivity index (χ4v) is 4.20. The highest BCUT2D eigenvalue weighted by Gasteiger charge is 2.47. The highest BCUT2D eigenvalue weighted by Crippen LogP contribution is 2.57. The molecule has 2 fully saturated rings. The van der Waals surface area contributed by atoms with Gasteiger partial charge in [0, 0.05) is 6.04 Å². The lowest BCUT2D eigenvalue weighted by Crippen LogP contribution is -2.24. The Morgan fingerprint density at radius 2 is 1.68 bits per heavy atom. The van der Waals surface area contributed by atoms with Gasteiger partial charge >= 0.3 is 0 Å². The molecule has 3 unspecified atom stereocenters. The van der Waals surface area contributed by atoms with Crippen molar-refractivity contribution in [3.05, 3.63) is 48.0 Å². The molecule has 2 aliphatic carbocycles. The van der Waals surface area contributed by atoms with E-state index in [1.807, 2.05) is 0 Å². The Bertz CT molecular complexity index is 588. The molecule has 2 saturated carbocycles. The van der Waals surface area contributed by atoms with E-state index in [1.165, 1.54) is 35.6 Å². The van der Waals surface area contributed by atoms with Gasteiger partial charge in [0.1, 0.15) is 0 Å². The maximum Gasteiger partial charge on any atom is 0.0352 e. The van der Waals surface area contributed by atoms with E-state index in [-0.39, 0.29) is 0 Å². The first-order valence-corrected chi connectivity index (χ1v) is 7.51. The SMILES string of the molecule is CNC(c1cccc2ccccc12)C1CC2CC2C1.